The summed E-state index contributed by atoms with van der Waals surface area (Å²) in [6.07, 6.45) is -2.09. The first kappa shape index (κ1) is 18.1. The van der Waals surface area contributed by atoms with Gasteiger partial charge in [0.1, 0.15) is 0 Å². The number of cyclic esters (lactones) is 2. The van der Waals surface area contributed by atoms with E-state index in [0.29, 0.717) is 13.2 Å². The maximum atomic E-state index is 12.0. The summed E-state index contributed by atoms with van der Waals surface area (Å²) in [6, 6.07) is 19.0. The molecular weight excluding hydrogens is 336 g/mol. The van der Waals surface area contributed by atoms with Crippen LogP contribution in [0.2, 0.25) is 0 Å². The summed E-state index contributed by atoms with van der Waals surface area (Å²) in [6.45, 7) is 0.561. The highest BCUT2D eigenvalue weighted by atomic mass is 16.7. The fraction of sp³-hybridized carbons (Fsp3) is 0.300. The molecule has 0 radical (unpaired) electrons. The Labute approximate surface area is 151 Å². The van der Waals surface area contributed by atoms with Crippen molar-refractivity contribution in [1.29, 1.82) is 0 Å². The average Bonchev–Trinajstić information content (AvgIpc) is 2.67. The number of hydrogen-bond donors (Lipinski definition) is 0. The van der Waals surface area contributed by atoms with Crippen molar-refractivity contribution < 1.29 is 28.5 Å². The summed E-state index contributed by atoms with van der Waals surface area (Å²) in [4.78, 5) is 24.0. The molecule has 2 aromatic carbocycles. The fourth-order valence-corrected chi connectivity index (χ4v) is 2.45. The molecule has 1 fully saturated rings. The van der Waals surface area contributed by atoms with Crippen LogP contribution in [0.25, 0.3) is 0 Å². The van der Waals surface area contributed by atoms with Crippen LogP contribution in [0.5, 0.6) is 0 Å². The predicted molar refractivity (Wildman–Crippen MR) is 92.0 cm³/mol. The van der Waals surface area contributed by atoms with Gasteiger partial charge in [0.2, 0.25) is 12.2 Å². The molecule has 136 valence electrons. The minimum absolute atomic E-state index is 0.0446. The Bertz CT molecular complexity index is 652. The molecule has 1 saturated heterocycles. The van der Waals surface area contributed by atoms with Crippen LogP contribution in [0.3, 0.4) is 0 Å². The van der Waals surface area contributed by atoms with E-state index >= 15 is 0 Å². The van der Waals surface area contributed by atoms with E-state index in [1.165, 1.54) is 0 Å². The van der Waals surface area contributed by atoms with Gasteiger partial charge in [0, 0.05) is 0 Å². The van der Waals surface area contributed by atoms with Gasteiger partial charge in [0.05, 0.1) is 26.4 Å². The molecule has 26 heavy (non-hydrogen) atoms. The van der Waals surface area contributed by atoms with Crippen molar-refractivity contribution in [2.45, 2.75) is 25.4 Å². The molecule has 0 aliphatic carbocycles. The lowest BCUT2D eigenvalue weighted by Crippen LogP contribution is -2.47. The summed E-state index contributed by atoms with van der Waals surface area (Å²) in [5, 5.41) is 0. The van der Waals surface area contributed by atoms with Crippen LogP contribution in [0.1, 0.15) is 11.1 Å². The highest BCUT2D eigenvalue weighted by Crippen LogP contribution is 2.13. The first-order valence-electron chi connectivity index (χ1n) is 8.36. The third-order valence-corrected chi connectivity index (χ3v) is 3.80. The molecule has 2 aromatic rings. The smallest absolute Gasteiger partial charge is 0.350 e. The minimum atomic E-state index is -1.04. The Kier molecular flexibility index (Phi) is 6.35. The zero-order chi connectivity index (χ0) is 18.2. The molecule has 0 saturated carbocycles. The Morgan fingerprint density at radius 1 is 0.654 bits per heavy atom. The Morgan fingerprint density at radius 3 is 1.42 bits per heavy atom. The maximum absolute atomic E-state index is 12.0. The lowest BCUT2D eigenvalue weighted by Gasteiger charge is -2.27. The number of benzene rings is 2. The third kappa shape index (κ3) is 5.15. The van der Waals surface area contributed by atoms with Gasteiger partial charge in [-0.2, -0.15) is 0 Å². The number of ether oxygens (including phenoxy) is 4. The number of carbonyl (C=O) groups excluding carboxylic acids is 2. The Morgan fingerprint density at radius 2 is 1.04 bits per heavy atom. The minimum Gasteiger partial charge on any atom is -0.445 e. The van der Waals surface area contributed by atoms with Gasteiger partial charge < -0.3 is 18.9 Å². The van der Waals surface area contributed by atoms with Crippen molar-refractivity contribution in [3.8, 4) is 0 Å². The molecule has 3 rings (SSSR count). The molecule has 0 bridgehead atoms. The SMILES string of the molecule is O=C1O[C@@H](COCc2ccccc2)C(=O)O[C@H]1COCc1ccccc1. The van der Waals surface area contributed by atoms with Crippen LogP contribution in [-0.4, -0.2) is 37.4 Å². The number of hydrogen-bond acceptors (Lipinski definition) is 6. The van der Waals surface area contributed by atoms with Gasteiger partial charge in [-0.15, -0.1) is 0 Å². The van der Waals surface area contributed by atoms with E-state index in [2.05, 4.69) is 0 Å². The van der Waals surface area contributed by atoms with Crippen molar-refractivity contribution in [3.05, 3.63) is 71.8 Å². The van der Waals surface area contributed by atoms with Crippen LogP contribution >= 0.6 is 0 Å². The first-order valence-corrected chi connectivity index (χ1v) is 8.36. The molecule has 2 atom stereocenters. The van der Waals surface area contributed by atoms with Crippen molar-refractivity contribution in [2.24, 2.45) is 0 Å². The molecule has 0 aromatic heterocycles. The Balaban J connectivity index is 1.40. The number of rotatable bonds is 8. The van der Waals surface area contributed by atoms with Crippen LogP contribution in [0.4, 0.5) is 0 Å². The second kappa shape index (κ2) is 9.12. The predicted octanol–water partition coefficient (Wildman–Crippen LogP) is 2.26. The van der Waals surface area contributed by atoms with E-state index in [1.807, 2.05) is 60.7 Å². The van der Waals surface area contributed by atoms with E-state index in [9.17, 15) is 9.59 Å². The quantitative estimate of drug-likeness (QED) is 0.676. The van der Waals surface area contributed by atoms with Gasteiger partial charge in [-0.05, 0) is 11.1 Å². The largest absolute Gasteiger partial charge is 0.445 e. The van der Waals surface area contributed by atoms with E-state index in [0.717, 1.165) is 11.1 Å². The van der Waals surface area contributed by atoms with Crippen molar-refractivity contribution in [2.75, 3.05) is 13.2 Å². The van der Waals surface area contributed by atoms with Gasteiger partial charge in [0.25, 0.3) is 0 Å². The first-order chi connectivity index (χ1) is 12.7. The molecule has 1 heterocycles. The lowest BCUT2D eigenvalue weighted by atomic mass is 10.2. The molecule has 6 heteroatoms. The molecule has 1 aliphatic heterocycles. The highest BCUT2D eigenvalue weighted by Gasteiger charge is 2.38. The average molecular weight is 356 g/mol. The van der Waals surface area contributed by atoms with Crippen LogP contribution < -0.4 is 0 Å². The summed E-state index contributed by atoms with van der Waals surface area (Å²) in [7, 11) is 0. The summed E-state index contributed by atoms with van der Waals surface area (Å²) >= 11 is 0. The van der Waals surface area contributed by atoms with Gasteiger partial charge in [-0.25, -0.2) is 9.59 Å². The van der Waals surface area contributed by atoms with E-state index in [1.54, 1.807) is 0 Å². The highest BCUT2D eigenvalue weighted by molar-refractivity contribution is 5.87. The normalized spacial score (nSPS) is 19.7. The molecule has 1 aliphatic rings. The zero-order valence-corrected chi connectivity index (χ0v) is 14.2. The lowest BCUT2D eigenvalue weighted by molar-refractivity contribution is -0.203. The standard InChI is InChI=1S/C20H20O6/c21-19-17(13-23-11-15-7-3-1-4-8-15)25-20(22)18(26-19)14-24-12-16-9-5-2-6-10-16/h1-10,17-18H,11-14H2/t17-,18-/m0/s1. The van der Waals surface area contributed by atoms with Crippen molar-refractivity contribution in [1.82, 2.24) is 0 Å². The molecule has 0 spiro atoms. The number of carbonyl (C=O) groups is 2. The monoisotopic (exact) mass is 356 g/mol. The van der Waals surface area contributed by atoms with E-state index in [-0.39, 0.29) is 13.2 Å². The number of esters is 2. The van der Waals surface area contributed by atoms with E-state index < -0.39 is 24.1 Å². The maximum Gasteiger partial charge on any atom is 0.350 e. The van der Waals surface area contributed by atoms with Gasteiger partial charge in [-0.3, -0.25) is 0 Å². The van der Waals surface area contributed by atoms with Crippen molar-refractivity contribution >= 4 is 11.9 Å². The molecule has 6 nitrogen and oxygen atoms in total. The topological polar surface area (TPSA) is 71.1 Å². The Hall–Kier alpha value is -2.70. The van der Waals surface area contributed by atoms with Crippen molar-refractivity contribution in [3.63, 3.8) is 0 Å². The molecular formula is C20H20O6. The van der Waals surface area contributed by atoms with Crippen LogP contribution in [0.15, 0.2) is 60.7 Å². The second-order valence-corrected chi connectivity index (χ2v) is 5.85. The van der Waals surface area contributed by atoms with Gasteiger partial charge >= 0.3 is 11.9 Å². The third-order valence-electron chi connectivity index (χ3n) is 3.80. The van der Waals surface area contributed by atoms with Gasteiger partial charge in [0.15, 0.2) is 0 Å². The zero-order valence-electron chi connectivity index (χ0n) is 14.2. The second-order valence-electron chi connectivity index (χ2n) is 5.85. The van der Waals surface area contributed by atoms with Crippen LogP contribution in [0, 0.1) is 0 Å². The molecule has 0 N–H and O–H groups in total. The fourth-order valence-electron chi connectivity index (χ4n) is 2.45. The van der Waals surface area contributed by atoms with Gasteiger partial charge in [-0.1, -0.05) is 60.7 Å². The molecule has 0 amide bonds. The van der Waals surface area contributed by atoms with Crippen LogP contribution in [-0.2, 0) is 41.8 Å². The summed E-state index contributed by atoms with van der Waals surface area (Å²) in [5.41, 5.74) is 1.94. The summed E-state index contributed by atoms with van der Waals surface area (Å²) in [5.74, 6) is -1.24. The van der Waals surface area contributed by atoms with E-state index in [4.69, 9.17) is 18.9 Å². The molecule has 0 unspecified atom stereocenters. The summed E-state index contributed by atoms with van der Waals surface area (Å²) < 4.78 is 21.2.